The predicted octanol–water partition coefficient (Wildman–Crippen LogP) is 13.5. The fourth-order valence-electron chi connectivity index (χ4n) is 10.7. The van der Waals surface area contributed by atoms with Crippen molar-refractivity contribution in [3.05, 3.63) is 136 Å². The number of benzene rings is 6. The standard InChI is InChI=1S/C55H59BN2O/c1-32-26-45-50-46(27-32)58(42-17-15-14-16-33(42)2)51-40(20-23-48-49(51)37-29-36(53(7,8)9)19-22-47(37)59-48)56(50)41-30-38-39(55(12,13)25-24-54(38,10)11)31-44(41)57(45)43-21-18-35(28-34(43)3)52(4,5)6/h14-23,26-31H,24-25H2,1-13H3. The van der Waals surface area contributed by atoms with Crippen LogP contribution in [0.1, 0.15) is 121 Å². The van der Waals surface area contributed by atoms with E-state index in [1.165, 1.54) is 113 Å². The summed E-state index contributed by atoms with van der Waals surface area (Å²) in [4.78, 5) is 5.23. The summed E-state index contributed by atoms with van der Waals surface area (Å²) in [7, 11) is 0. The minimum absolute atomic E-state index is 0.00437. The summed E-state index contributed by atoms with van der Waals surface area (Å²) in [6.07, 6.45) is 2.34. The summed E-state index contributed by atoms with van der Waals surface area (Å²) in [5.41, 5.74) is 23.1. The molecule has 2 aliphatic heterocycles. The van der Waals surface area contributed by atoms with Crippen molar-refractivity contribution in [2.75, 3.05) is 9.80 Å². The molecular weight excluding hydrogens is 715 g/mol. The zero-order valence-corrected chi connectivity index (χ0v) is 37.5. The van der Waals surface area contributed by atoms with Gasteiger partial charge in [-0.2, -0.15) is 0 Å². The Labute approximate surface area is 352 Å². The average Bonchev–Trinajstić information content (AvgIpc) is 3.54. The molecule has 298 valence electrons. The monoisotopic (exact) mass is 774 g/mol. The van der Waals surface area contributed by atoms with Crippen LogP contribution in [0, 0.1) is 20.8 Å². The van der Waals surface area contributed by atoms with Crippen LogP contribution >= 0.6 is 0 Å². The number of nitrogens with zero attached hydrogens (tertiary/aromatic N) is 2. The van der Waals surface area contributed by atoms with Gasteiger partial charge in [0.25, 0.3) is 6.71 Å². The van der Waals surface area contributed by atoms with Crippen LogP contribution in [-0.4, -0.2) is 6.71 Å². The molecule has 0 bridgehead atoms. The number of hydrogen-bond donors (Lipinski definition) is 0. The Morgan fingerprint density at radius 1 is 0.542 bits per heavy atom. The molecule has 6 aromatic carbocycles. The first-order valence-corrected chi connectivity index (χ1v) is 21.8. The molecule has 4 heteroatoms. The van der Waals surface area contributed by atoms with Gasteiger partial charge in [-0.05, 0) is 159 Å². The van der Waals surface area contributed by atoms with Gasteiger partial charge in [0, 0.05) is 33.8 Å². The maximum absolute atomic E-state index is 6.80. The third kappa shape index (κ3) is 5.61. The highest BCUT2D eigenvalue weighted by Crippen LogP contribution is 2.52. The molecule has 0 saturated heterocycles. The van der Waals surface area contributed by atoms with Gasteiger partial charge < -0.3 is 14.2 Å². The molecule has 0 amide bonds. The molecule has 3 heterocycles. The van der Waals surface area contributed by atoms with E-state index < -0.39 is 0 Å². The van der Waals surface area contributed by atoms with Crippen molar-refractivity contribution in [3.8, 4) is 0 Å². The van der Waals surface area contributed by atoms with Crippen molar-refractivity contribution >= 4 is 79.2 Å². The highest BCUT2D eigenvalue weighted by atomic mass is 16.3. The van der Waals surface area contributed by atoms with Crippen LogP contribution in [0.2, 0.25) is 0 Å². The second-order valence-electron chi connectivity index (χ2n) is 21.5. The smallest absolute Gasteiger partial charge is 0.252 e. The molecule has 1 aromatic heterocycles. The number of fused-ring (bicyclic) bond motifs is 9. The molecule has 3 nitrogen and oxygen atoms in total. The van der Waals surface area contributed by atoms with Gasteiger partial charge in [-0.3, -0.25) is 0 Å². The molecule has 0 radical (unpaired) electrons. The maximum atomic E-state index is 6.80. The van der Waals surface area contributed by atoms with Crippen LogP contribution in [0.15, 0.2) is 101 Å². The molecule has 0 spiro atoms. The largest absolute Gasteiger partial charge is 0.456 e. The van der Waals surface area contributed by atoms with E-state index in [-0.39, 0.29) is 28.4 Å². The Balaban J connectivity index is 1.37. The van der Waals surface area contributed by atoms with Crippen molar-refractivity contribution in [1.82, 2.24) is 0 Å². The Hall–Kier alpha value is -5.22. The molecule has 10 rings (SSSR count). The first-order valence-electron chi connectivity index (χ1n) is 21.8. The molecule has 0 saturated carbocycles. The van der Waals surface area contributed by atoms with Gasteiger partial charge >= 0.3 is 0 Å². The quantitative estimate of drug-likeness (QED) is 0.163. The molecule has 3 aliphatic rings. The van der Waals surface area contributed by atoms with Crippen LogP contribution < -0.4 is 26.2 Å². The predicted molar refractivity (Wildman–Crippen MR) is 255 cm³/mol. The number of aryl methyl sites for hydroxylation is 3. The summed E-state index contributed by atoms with van der Waals surface area (Å²) in [6, 6.07) is 37.8. The van der Waals surface area contributed by atoms with Gasteiger partial charge in [-0.15, -0.1) is 0 Å². The van der Waals surface area contributed by atoms with Crippen molar-refractivity contribution in [2.45, 2.75) is 125 Å². The van der Waals surface area contributed by atoms with E-state index in [1.54, 1.807) is 0 Å². The fraction of sp³-hybridized carbons (Fsp3) is 0.345. The number of rotatable bonds is 2. The normalized spacial score (nSPS) is 16.6. The minimum atomic E-state index is -0.00437. The number of para-hydroxylation sites is 1. The Morgan fingerprint density at radius 3 is 1.80 bits per heavy atom. The van der Waals surface area contributed by atoms with Crippen LogP contribution in [0.4, 0.5) is 34.1 Å². The molecule has 7 aromatic rings. The maximum Gasteiger partial charge on any atom is 0.252 e. The molecule has 0 atom stereocenters. The van der Waals surface area contributed by atoms with Crippen molar-refractivity contribution < 1.29 is 4.42 Å². The zero-order chi connectivity index (χ0) is 41.7. The first-order chi connectivity index (χ1) is 27.7. The molecular formula is C55H59BN2O. The van der Waals surface area contributed by atoms with Gasteiger partial charge in [0.15, 0.2) is 0 Å². The fourth-order valence-corrected chi connectivity index (χ4v) is 10.7. The Morgan fingerprint density at radius 2 is 1.14 bits per heavy atom. The molecule has 0 fully saturated rings. The van der Waals surface area contributed by atoms with Crippen LogP contribution in [0.3, 0.4) is 0 Å². The lowest BCUT2D eigenvalue weighted by Gasteiger charge is -2.48. The number of anilines is 6. The van der Waals surface area contributed by atoms with E-state index in [0.29, 0.717) is 0 Å². The number of hydrogen-bond acceptors (Lipinski definition) is 3. The van der Waals surface area contributed by atoms with Gasteiger partial charge in [-0.25, -0.2) is 0 Å². The molecule has 0 unspecified atom stereocenters. The zero-order valence-electron chi connectivity index (χ0n) is 37.5. The van der Waals surface area contributed by atoms with Crippen molar-refractivity contribution in [2.24, 2.45) is 0 Å². The average molecular weight is 775 g/mol. The van der Waals surface area contributed by atoms with Gasteiger partial charge in [0.2, 0.25) is 0 Å². The summed E-state index contributed by atoms with van der Waals surface area (Å²) < 4.78 is 6.80. The molecule has 1 aliphatic carbocycles. The highest BCUT2D eigenvalue weighted by Gasteiger charge is 2.47. The van der Waals surface area contributed by atoms with Crippen LogP contribution in [0.5, 0.6) is 0 Å². The third-order valence-corrected chi connectivity index (χ3v) is 14.3. The van der Waals surface area contributed by atoms with Crippen LogP contribution in [-0.2, 0) is 21.7 Å². The second-order valence-corrected chi connectivity index (χ2v) is 21.5. The lowest BCUT2D eigenvalue weighted by atomic mass is 9.33. The van der Waals surface area contributed by atoms with E-state index in [0.717, 1.165) is 11.2 Å². The lowest BCUT2D eigenvalue weighted by Crippen LogP contribution is -2.62. The van der Waals surface area contributed by atoms with Crippen molar-refractivity contribution in [3.63, 3.8) is 0 Å². The summed E-state index contributed by atoms with van der Waals surface area (Å²) >= 11 is 0. The van der Waals surface area contributed by atoms with Gasteiger partial charge in [-0.1, -0.05) is 118 Å². The van der Waals surface area contributed by atoms with E-state index >= 15 is 0 Å². The summed E-state index contributed by atoms with van der Waals surface area (Å²) in [5, 5.41) is 2.37. The lowest BCUT2D eigenvalue weighted by molar-refractivity contribution is 0.332. The third-order valence-electron chi connectivity index (χ3n) is 14.3. The molecule has 59 heavy (non-hydrogen) atoms. The second kappa shape index (κ2) is 12.4. The topological polar surface area (TPSA) is 19.6 Å². The summed E-state index contributed by atoms with van der Waals surface area (Å²) in [6.45, 7) is 30.6. The highest BCUT2D eigenvalue weighted by molar-refractivity contribution is 7.00. The minimum Gasteiger partial charge on any atom is -0.456 e. The number of furan rings is 1. The van der Waals surface area contributed by atoms with Gasteiger partial charge in [0.1, 0.15) is 11.2 Å². The SMILES string of the molecule is Cc1cc2c3c(c1)N(c1ccccc1C)c1c(ccc4oc5ccc(C(C)(C)C)cc5c14)B3c1cc3c(cc1N2c1ccc(C(C)(C)C)cc1C)C(C)(C)CCC3(C)C. The van der Waals surface area contributed by atoms with E-state index in [9.17, 15) is 0 Å². The van der Waals surface area contributed by atoms with Crippen LogP contribution in [0.25, 0.3) is 21.9 Å². The Bertz CT molecular complexity index is 2910. The van der Waals surface area contributed by atoms with E-state index in [2.05, 4.69) is 197 Å². The van der Waals surface area contributed by atoms with E-state index in [1.807, 2.05) is 0 Å². The van der Waals surface area contributed by atoms with Gasteiger partial charge in [0.05, 0.1) is 11.1 Å². The first kappa shape index (κ1) is 38.0. The summed E-state index contributed by atoms with van der Waals surface area (Å²) in [5.74, 6) is 0. The van der Waals surface area contributed by atoms with E-state index in [4.69, 9.17) is 4.42 Å². The Kier molecular flexibility index (Phi) is 8.00. The molecule has 0 N–H and O–H groups in total. The van der Waals surface area contributed by atoms with Crippen molar-refractivity contribution in [1.29, 1.82) is 0 Å².